The van der Waals surface area contributed by atoms with E-state index < -0.39 is 6.10 Å². The molecule has 0 bridgehead atoms. The van der Waals surface area contributed by atoms with E-state index in [1.165, 1.54) is 5.56 Å². The average molecular weight is 398 g/mol. The van der Waals surface area contributed by atoms with E-state index in [0.717, 1.165) is 44.6 Å². The molecule has 2 saturated heterocycles. The smallest absolute Gasteiger partial charge is 0.253 e. The van der Waals surface area contributed by atoms with Gasteiger partial charge in [-0.05, 0) is 31.5 Å². The lowest BCUT2D eigenvalue weighted by atomic mass is 9.88. The van der Waals surface area contributed by atoms with Gasteiger partial charge < -0.3 is 19.0 Å². The maximum atomic E-state index is 13.1. The van der Waals surface area contributed by atoms with Crippen LogP contribution in [0.3, 0.4) is 0 Å². The van der Waals surface area contributed by atoms with Crippen LogP contribution in [0.15, 0.2) is 53.3 Å². The van der Waals surface area contributed by atoms with Gasteiger partial charge in [-0.2, -0.15) is 0 Å². The lowest BCUT2D eigenvalue weighted by Crippen LogP contribution is -2.61. The molecule has 1 unspecified atom stereocenters. The molecule has 2 aromatic rings. The summed E-state index contributed by atoms with van der Waals surface area (Å²) in [7, 11) is 3.97. The lowest BCUT2D eigenvalue weighted by molar-refractivity contribution is -0.188. The number of carbonyl (C=O) groups excluding carboxylic acids is 1. The molecule has 1 aromatic heterocycles. The highest BCUT2D eigenvalue weighted by Gasteiger charge is 2.44. The number of likely N-dealkylation sites (tertiary alicyclic amines) is 1. The lowest BCUT2D eigenvalue weighted by Gasteiger charge is -2.49. The molecule has 6 heteroatoms. The van der Waals surface area contributed by atoms with Gasteiger partial charge in [0.05, 0.1) is 18.1 Å². The number of carbonyl (C=O) groups is 1. The van der Waals surface area contributed by atoms with E-state index in [-0.39, 0.29) is 11.5 Å². The van der Waals surface area contributed by atoms with E-state index in [1.807, 2.05) is 37.6 Å². The predicted molar refractivity (Wildman–Crippen MR) is 111 cm³/mol. The number of hydrogen-bond acceptors (Lipinski definition) is 5. The summed E-state index contributed by atoms with van der Waals surface area (Å²) in [6.07, 6.45) is 5.03. The monoisotopic (exact) mass is 397 g/mol. The Balaban J connectivity index is 1.36. The number of furan rings is 1. The minimum Gasteiger partial charge on any atom is -0.472 e. The van der Waals surface area contributed by atoms with Crippen LogP contribution in [0.1, 0.15) is 24.0 Å². The number of rotatable bonds is 5. The second-order valence-electron chi connectivity index (χ2n) is 8.57. The number of ether oxygens (including phenoxy) is 1. The van der Waals surface area contributed by atoms with Crippen LogP contribution in [-0.2, 0) is 22.6 Å². The highest BCUT2D eigenvalue weighted by atomic mass is 16.5. The molecule has 156 valence electrons. The zero-order chi connectivity index (χ0) is 20.3. The van der Waals surface area contributed by atoms with Crippen molar-refractivity contribution in [2.75, 3.05) is 40.3 Å². The molecule has 2 aliphatic rings. The number of hydrogen-bond donors (Lipinski definition) is 0. The average Bonchev–Trinajstić information content (AvgIpc) is 3.23. The first kappa shape index (κ1) is 20.1. The molecule has 0 aliphatic carbocycles. The topological polar surface area (TPSA) is 49.2 Å². The summed E-state index contributed by atoms with van der Waals surface area (Å²) in [5.74, 6) is 0.0700. The van der Waals surface area contributed by atoms with Gasteiger partial charge in [-0.3, -0.25) is 9.69 Å². The van der Waals surface area contributed by atoms with Gasteiger partial charge >= 0.3 is 0 Å². The Morgan fingerprint density at radius 1 is 1.17 bits per heavy atom. The van der Waals surface area contributed by atoms with Crippen molar-refractivity contribution in [3.05, 3.63) is 60.1 Å². The summed E-state index contributed by atoms with van der Waals surface area (Å²) in [6.45, 7) is 5.00. The third-order valence-corrected chi connectivity index (χ3v) is 6.10. The SMILES string of the molecule is CN1CC(C(=O)N(C)Cc2ccccc2)OC2(CCN(Cc3ccoc3)CC2)C1. The third kappa shape index (κ3) is 4.89. The quantitative estimate of drug-likeness (QED) is 0.776. The van der Waals surface area contributed by atoms with Gasteiger partial charge in [0, 0.05) is 51.9 Å². The predicted octanol–water partition coefficient (Wildman–Crippen LogP) is 2.60. The normalized spacial score (nSPS) is 22.6. The molecular weight excluding hydrogens is 366 g/mol. The van der Waals surface area contributed by atoms with E-state index >= 15 is 0 Å². The zero-order valence-corrected chi connectivity index (χ0v) is 17.4. The van der Waals surface area contributed by atoms with Gasteiger partial charge in [0.1, 0.15) is 6.10 Å². The second-order valence-corrected chi connectivity index (χ2v) is 8.57. The zero-order valence-electron chi connectivity index (χ0n) is 17.4. The molecule has 3 heterocycles. The fraction of sp³-hybridized carbons (Fsp3) is 0.522. The van der Waals surface area contributed by atoms with Gasteiger partial charge in [-0.25, -0.2) is 0 Å². The summed E-state index contributed by atoms with van der Waals surface area (Å²) in [5, 5.41) is 0. The van der Waals surface area contributed by atoms with Gasteiger partial charge in [0.2, 0.25) is 0 Å². The van der Waals surface area contributed by atoms with Crippen LogP contribution in [0, 0.1) is 0 Å². The van der Waals surface area contributed by atoms with Crippen LogP contribution in [0.4, 0.5) is 0 Å². The molecule has 1 amide bonds. The molecular formula is C23H31N3O3. The largest absolute Gasteiger partial charge is 0.472 e. The molecule has 0 saturated carbocycles. The fourth-order valence-corrected chi connectivity index (χ4v) is 4.56. The molecule has 0 radical (unpaired) electrons. The highest BCUT2D eigenvalue weighted by molar-refractivity contribution is 5.81. The van der Waals surface area contributed by atoms with Crippen LogP contribution in [0.5, 0.6) is 0 Å². The summed E-state index contributed by atoms with van der Waals surface area (Å²) < 4.78 is 11.7. The van der Waals surface area contributed by atoms with Crippen molar-refractivity contribution >= 4 is 5.91 Å². The molecule has 1 aromatic carbocycles. The Hall–Kier alpha value is -2.15. The molecule has 4 rings (SSSR count). The van der Waals surface area contributed by atoms with Crippen molar-refractivity contribution in [1.29, 1.82) is 0 Å². The minimum absolute atomic E-state index is 0.0700. The van der Waals surface area contributed by atoms with E-state index in [0.29, 0.717) is 13.1 Å². The van der Waals surface area contributed by atoms with Gasteiger partial charge in [0.25, 0.3) is 5.91 Å². The summed E-state index contributed by atoms with van der Waals surface area (Å²) in [5.41, 5.74) is 2.11. The summed E-state index contributed by atoms with van der Waals surface area (Å²) >= 11 is 0. The molecule has 1 atom stereocenters. The Morgan fingerprint density at radius 2 is 1.93 bits per heavy atom. The van der Waals surface area contributed by atoms with Gasteiger partial charge in [-0.15, -0.1) is 0 Å². The number of amides is 1. The van der Waals surface area contributed by atoms with Crippen molar-refractivity contribution < 1.29 is 13.9 Å². The highest BCUT2D eigenvalue weighted by Crippen LogP contribution is 2.33. The number of morpholine rings is 1. The van der Waals surface area contributed by atoms with E-state index in [4.69, 9.17) is 9.15 Å². The van der Waals surface area contributed by atoms with Crippen LogP contribution in [-0.4, -0.2) is 72.6 Å². The first-order valence-corrected chi connectivity index (χ1v) is 10.4. The second kappa shape index (κ2) is 8.69. The van der Waals surface area contributed by atoms with Gasteiger partial charge in [-0.1, -0.05) is 30.3 Å². The number of nitrogens with zero attached hydrogens (tertiary/aromatic N) is 3. The molecule has 2 aliphatic heterocycles. The van der Waals surface area contributed by atoms with Crippen LogP contribution in [0.2, 0.25) is 0 Å². The van der Waals surface area contributed by atoms with Crippen molar-refractivity contribution in [3.63, 3.8) is 0 Å². The Morgan fingerprint density at radius 3 is 2.62 bits per heavy atom. The van der Waals surface area contributed by atoms with Crippen molar-refractivity contribution in [2.45, 2.75) is 37.6 Å². The first-order chi connectivity index (χ1) is 14.0. The first-order valence-electron chi connectivity index (χ1n) is 10.4. The van der Waals surface area contributed by atoms with Crippen molar-refractivity contribution in [3.8, 4) is 0 Å². The van der Waals surface area contributed by atoms with Crippen LogP contribution < -0.4 is 0 Å². The Labute approximate surface area is 173 Å². The minimum atomic E-state index is -0.400. The molecule has 1 spiro atoms. The summed E-state index contributed by atoms with van der Waals surface area (Å²) in [6, 6.07) is 12.1. The third-order valence-electron chi connectivity index (χ3n) is 6.10. The standard InChI is InChI=1S/C23H31N3O3/c1-24-16-21(22(27)25(2)14-19-6-4-3-5-7-19)29-23(18-24)9-11-26(12-10-23)15-20-8-13-28-17-20/h3-8,13,17,21H,9-12,14-16,18H2,1-2H3. The van der Waals surface area contributed by atoms with E-state index in [9.17, 15) is 4.79 Å². The maximum Gasteiger partial charge on any atom is 0.253 e. The molecule has 0 N–H and O–H groups in total. The number of likely N-dealkylation sites (N-methyl/N-ethyl adjacent to an activating group) is 2. The van der Waals surface area contributed by atoms with E-state index in [2.05, 4.69) is 29.0 Å². The van der Waals surface area contributed by atoms with Crippen LogP contribution in [0.25, 0.3) is 0 Å². The summed E-state index contributed by atoms with van der Waals surface area (Å²) in [4.78, 5) is 19.6. The Kier molecular flexibility index (Phi) is 6.04. The van der Waals surface area contributed by atoms with E-state index in [1.54, 1.807) is 11.2 Å². The number of piperidine rings is 1. The molecule has 2 fully saturated rings. The van der Waals surface area contributed by atoms with Crippen molar-refractivity contribution in [2.24, 2.45) is 0 Å². The van der Waals surface area contributed by atoms with Crippen LogP contribution >= 0.6 is 0 Å². The van der Waals surface area contributed by atoms with Crippen molar-refractivity contribution in [1.82, 2.24) is 14.7 Å². The molecule has 6 nitrogen and oxygen atoms in total. The van der Waals surface area contributed by atoms with Gasteiger partial charge in [0.15, 0.2) is 0 Å². The molecule has 29 heavy (non-hydrogen) atoms. The maximum absolute atomic E-state index is 13.1. The Bertz CT molecular complexity index is 785. The number of benzene rings is 1. The fourth-order valence-electron chi connectivity index (χ4n) is 4.56.